The maximum absolute atomic E-state index is 15.7. The zero-order valence-electron chi connectivity index (χ0n) is 26.8. The van der Waals surface area contributed by atoms with Crippen molar-refractivity contribution in [1.82, 2.24) is 29.5 Å². The van der Waals surface area contributed by atoms with Crippen molar-refractivity contribution in [3.05, 3.63) is 113 Å². The second-order valence-corrected chi connectivity index (χ2v) is 12.7. The smallest absolute Gasteiger partial charge is 0.335 e. The molecule has 1 aliphatic rings. The van der Waals surface area contributed by atoms with Gasteiger partial charge in [0.15, 0.2) is 0 Å². The molecule has 0 spiro atoms. The summed E-state index contributed by atoms with van der Waals surface area (Å²) in [6, 6.07) is 16.0. The molecule has 0 amide bonds. The molecule has 0 aliphatic carbocycles. The number of halogens is 3. The lowest BCUT2D eigenvalue weighted by molar-refractivity contribution is 0.0697. The number of carboxylic acid groups (broad SMARTS) is 1. The monoisotopic (exact) mass is 668 g/mol. The van der Waals surface area contributed by atoms with Crippen molar-refractivity contribution in [3.63, 3.8) is 0 Å². The summed E-state index contributed by atoms with van der Waals surface area (Å²) in [6.45, 7) is 4.78. The normalized spacial score (nSPS) is 15.6. The standard InChI is InChI=1S/C36H31F3N6O4/c1-36(2)19-48-18-32(36)45-30-13-21(35(46)47)9-10-29(30)41-33(45)14-23-12-27(39)24(15-26(23)38)28-5-4-6-34(42-28)49-17-22-8-7-20(11-25(22)37)31-16-40-43-44(31)3/h4-13,15-16,32H,14,17-19H2,1-3H3,(H,46,47)/t32-/m1/s1. The molecule has 1 N–H and O–H groups in total. The lowest BCUT2D eigenvalue weighted by Crippen LogP contribution is -2.27. The molecule has 0 bridgehead atoms. The fourth-order valence-corrected chi connectivity index (χ4v) is 6.19. The maximum Gasteiger partial charge on any atom is 0.335 e. The predicted octanol–water partition coefficient (Wildman–Crippen LogP) is 6.78. The minimum atomic E-state index is -1.08. The van der Waals surface area contributed by atoms with E-state index in [9.17, 15) is 14.3 Å². The molecule has 1 saturated heterocycles. The van der Waals surface area contributed by atoms with Crippen LogP contribution in [0.2, 0.25) is 0 Å². The van der Waals surface area contributed by atoms with Crippen molar-refractivity contribution >= 4 is 17.0 Å². The highest BCUT2D eigenvalue weighted by molar-refractivity contribution is 5.92. The van der Waals surface area contributed by atoms with Gasteiger partial charge < -0.3 is 19.1 Å². The molecule has 3 aromatic carbocycles. The zero-order valence-corrected chi connectivity index (χ0v) is 26.8. The van der Waals surface area contributed by atoms with Crippen LogP contribution in [0.5, 0.6) is 5.88 Å². The maximum atomic E-state index is 15.7. The van der Waals surface area contributed by atoms with Crippen molar-refractivity contribution in [1.29, 1.82) is 0 Å². The van der Waals surface area contributed by atoms with Gasteiger partial charge in [-0.2, -0.15) is 0 Å². The Balaban J connectivity index is 1.14. The van der Waals surface area contributed by atoms with Gasteiger partial charge in [0.1, 0.15) is 29.9 Å². The second-order valence-electron chi connectivity index (χ2n) is 12.7. The average Bonchev–Trinajstić information content (AvgIpc) is 3.76. The van der Waals surface area contributed by atoms with Crippen LogP contribution in [0.25, 0.3) is 33.5 Å². The Labute approximate surface area is 278 Å². The van der Waals surface area contributed by atoms with E-state index in [0.29, 0.717) is 41.3 Å². The van der Waals surface area contributed by atoms with E-state index in [-0.39, 0.29) is 58.3 Å². The first-order valence-electron chi connectivity index (χ1n) is 15.5. The first-order chi connectivity index (χ1) is 23.5. The highest BCUT2D eigenvalue weighted by Gasteiger charge is 2.39. The molecule has 0 unspecified atom stereocenters. The van der Waals surface area contributed by atoms with Crippen molar-refractivity contribution in [3.8, 4) is 28.4 Å². The molecular weight excluding hydrogens is 637 g/mol. The van der Waals surface area contributed by atoms with Crippen LogP contribution in [0.3, 0.4) is 0 Å². The quantitative estimate of drug-likeness (QED) is 0.179. The molecule has 13 heteroatoms. The van der Waals surface area contributed by atoms with Gasteiger partial charge in [0, 0.05) is 41.6 Å². The first-order valence-corrected chi connectivity index (χ1v) is 15.5. The predicted molar refractivity (Wildman–Crippen MR) is 173 cm³/mol. The molecule has 4 heterocycles. The Morgan fingerprint density at radius 2 is 1.82 bits per heavy atom. The molecular formula is C36H31F3N6O4. The number of carboxylic acids is 1. The number of rotatable bonds is 9. The Kier molecular flexibility index (Phi) is 8.15. The van der Waals surface area contributed by atoms with Gasteiger partial charge in [0.25, 0.3) is 0 Å². The van der Waals surface area contributed by atoms with Crippen LogP contribution in [0.15, 0.2) is 72.9 Å². The van der Waals surface area contributed by atoms with Gasteiger partial charge >= 0.3 is 5.97 Å². The Morgan fingerprint density at radius 1 is 1.00 bits per heavy atom. The Morgan fingerprint density at radius 3 is 2.53 bits per heavy atom. The summed E-state index contributed by atoms with van der Waals surface area (Å²) in [6.07, 6.45) is 1.49. The van der Waals surface area contributed by atoms with Gasteiger partial charge in [-0.05, 0) is 48.0 Å². The van der Waals surface area contributed by atoms with E-state index in [1.807, 2.05) is 18.4 Å². The number of imidazole rings is 1. The van der Waals surface area contributed by atoms with Crippen LogP contribution in [-0.4, -0.2) is 53.8 Å². The summed E-state index contributed by atoms with van der Waals surface area (Å²) in [5.41, 5.74) is 2.58. The number of fused-ring (bicyclic) bond motifs is 1. The van der Waals surface area contributed by atoms with Gasteiger partial charge in [0.05, 0.1) is 53.4 Å². The van der Waals surface area contributed by atoms with E-state index in [1.54, 1.807) is 43.4 Å². The van der Waals surface area contributed by atoms with Crippen LogP contribution < -0.4 is 4.74 Å². The van der Waals surface area contributed by atoms with Crippen LogP contribution in [0.1, 0.15) is 47.2 Å². The van der Waals surface area contributed by atoms with Crippen LogP contribution in [0.4, 0.5) is 13.2 Å². The molecule has 1 fully saturated rings. The molecule has 49 heavy (non-hydrogen) atoms. The topological polar surface area (TPSA) is 117 Å². The second kappa shape index (κ2) is 12.5. The Bertz CT molecular complexity index is 2230. The summed E-state index contributed by atoms with van der Waals surface area (Å²) in [7, 11) is 1.71. The number of benzene rings is 3. The van der Waals surface area contributed by atoms with Gasteiger partial charge in [-0.25, -0.2) is 32.6 Å². The van der Waals surface area contributed by atoms with Crippen LogP contribution in [-0.2, 0) is 24.8 Å². The van der Waals surface area contributed by atoms with Crippen LogP contribution >= 0.6 is 0 Å². The zero-order chi connectivity index (χ0) is 34.4. The largest absolute Gasteiger partial charge is 0.478 e. The molecule has 3 aromatic heterocycles. The van der Waals surface area contributed by atoms with E-state index in [0.717, 1.165) is 12.1 Å². The minimum Gasteiger partial charge on any atom is -0.478 e. The van der Waals surface area contributed by atoms with E-state index < -0.39 is 23.4 Å². The first kappa shape index (κ1) is 32.0. The molecule has 250 valence electrons. The minimum absolute atomic E-state index is 0.0509. The molecule has 1 aliphatic heterocycles. The number of hydrogen-bond donors (Lipinski definition) is 1. The van der Waals surface area contributed by atoms with E-state index in [1.165, 1.54) is 29.1 Å². The number of aromatic nitrogens is 6. The number of pyridine rings is 1. The molecule has 10 nitrogen and oxygen atoms in total. The third kappa shape index (κ3) is 6.13. The number of aromatic carboxylic acids is 1. The third-order valence-electron chi connectivity index (χ3n) is 8.90. The van der Waals surface area contributed by atoms with Gasteiger partial charge in [0.2, 0.25) is 5.88 Å². The molecule has 0 radical (unpaired) electrons. The summed E-state index contributed by atoms with van der Waals surface area (Å²) in [4.78, 5) is 20.8. The van der Waals surface area contributed by atoms with Crippen molar-refractivity contribution in [2.75, 3.05) is 13.2 Å². The summed E-state index contributed by atoms with van der Waals surface area (Å²) in [5.74, 6) is -2.37. The van der Waals surface area contributed by atoms with E-state index in [2.05, 4.69) is 15.3 Å². The van der Waals surface area contributed by atoms with Gasteiger partial charge in [-0.15, -0.1) is 5.10 Å². The SMILES string of the molecule is Cn1nncc1-c1ccc(COc2cccc(-c3cc(F)c(Cc4nc5ccc(C(=O)O)cc5n4[C@@H]4COCC4(C)C)cc3F)n2)c(F)c1. The number of carbonyl (C=O) groups is 1. The molecule has 7 rings (SSSR count). The van der Waals surface area contributed by atoms with Gasteiger partial charge in [-0.1, -0.05) is 37.3 Å². The highest BCUT2D eigenvalue weighted by atomic mass is 19.1. The number of ether oxygens (including phenoxy) is 2. The van der Waals surface area contributed by atoms with Crippen molar-refractivity contribution in [2.24, 2.45) is 12.5 Å². The lowest BCUT2D eigenvalue weighted by atomic mass is 9.87. The average molecular weight is 669 g/mol. The molecule has 6 aromatic rings. The van der Waals surface area contributed by atoms with Crippen LogP contribution in [0, 0.1) is 22.9 Å². The summed E-state index contributed by atoms with van der Waals surface area (Å²) < 4.78 is 61.3. The summed E-state index contributed by atoms with van der Waals surface area (Å²) >= 11 is 0. The number of aryl methyl sites for hydroxylation is 1. The van der Waals surface area contributed by atoms with Crippen molar-refractivity contribution < 1.29 is 32.5 Å². The fourth-order valence-electron chi connectivity index (χ4n) is 6.19. The van der Waals surface area contributed by atoms with E-state index in [4.69, 9.17) is 14.5 Å². The van der Waals surface area contributed by atoms with Gasteiger partial charge in [-0.3, -0.25) is 0 Å². The lowest BCUT2D eigenvalue weighted by Gasteiger charge is -2.28. The van der Waals surface area contributed by atoms with E-state index >= 15 is 8.78 Å². The fraction of sp³-hybridized carbons (Fsp3) is 0.250. The highest BCUT2D eigenvalue weighted by Crippen LogP contribution is 2.40. The van der Waals surface area contributed by atoms with Crippen molar-refractivity contribution in [2.45, 2.75) is 32.9 Å². The molecule has 1 atom stereocenters. The number of nitrogens with zero attached hydrogens (tertiary/aromatic N) is 6. The molecule has 0 saturated carbocycles. The summed E-state index contributed by atoms with van der Waals surface area (Å²) in [5, 5.41) is 17.3. The third-order valence-corrected chi connectivity index (χ3v) is 8.90. The number of hydrogen-bond acceptors (Lipinski definition) is 7. The Hall–Kier alpha value is -5.56.